The van der Waals surface area contributed by atoms with Crippen LogP contribution in [0.4, 0.5) is 0 Å². The van der Waals surface area contributed by atoms with E-state index in [1.807, 2.05) is 6.07 Å². The van der Waals surface area contributed by atoms with Gasteiger partial charge in [-0.1, -0.05) is 26.0 Å². The Morgan fingerprint density at radius 1 is 1.25 bits per heavy atom. The molecule has 0 heterocycles. The lowest BCUT2D eigenvalue weighted by Gasteiger charge is -2.53. The molecular formula is C17H25NO2. The highest BCUT2D eigenvalue weighted by atomic mass is 16.5. The molecule has 2 fully saturated rings. The first-order valence-corrected chi connectivity index (χ1v) is 7.58. The van der Waals surface area contributed by atoms with E-state index in [0.29, 0.717) is 18.0 Å². The van der Waals surface area contributed by atoms with E-state index in [1.54, 1.807) is 7.11 Å². The average molecular weight is 275 g/mol. The second-order valence-corrected chi connectivity index (χ2v) is 6.93. The first kappa shape index (κ1) is 13.9. The molecular weight excluding hydrogens is 250 g/mol. The van der Waals surface area contributed by atoms with E-state index in [9.17, 15) is 5.11 Å². The lowest BCUT2D eigenvalue weighted by Crippen LogP contribution is -2.63. The molecule has 1 aromatic carbocycles. The van der Waals surface area contributed by atoms with Crippen LogP contribution in [0.5, 0.6) is 5.75 Å². The molecule has 20 heavy (non-hydrogen) atoms. The van der Waals surface area contributed by atoms with Crippen molar-refractivity contribution in [2.75, 3.05) is 7.11 Å². The van der Waals surface area contributed by atoms with Gasteiger partial charge < -0.3 is 15.2 Å². The summed E-state index contributed by atoms with van der Waals surface area (Å²) in [6.07, 6.45) is 3.13. The lowest BCUT2D eigenvalue weighted by molar-refractivity contribution is -0.0793. The quantitative estimate of drug-likeness (QED) is 0.887. The number of hydrogen-bond donors (Lipinski definition) is 2. The number of nitrogens with one attached hydrogen (secondary N) is 1. The molecule has 3 nitrogen and oxygen atoms in total. The summed E-state index contributed by atoms with van der Waals surface area (Å²) in [4.78, 5) is 0. The Bertz CT molecular complexity index is 480. The van der Waals surface area contributed by atoms with Gasteiger partial charge in [-0.25, -0.2) is 0 Å². The van der Waals surface area contributed by atoms with Crippen molar-refractivity contribution in [1.82, 2.24) is 5.32 Å². The number of rotatable bonds is 4. The monoisotopic (exact) mass is 275 g/mol. The molecule has 2 aliphatic rings. The Labute approximate surface area is 121 Å². The van der Waals surface area contributed by atoms with E-state index < -0.39 is 0 Å². The highest BCUT2D eigenvalue weighted by Crippen LogP contribution is 2.44. The minimum Gasteiger partial charge on any atom is -0.497 e. The SMILES string of the molecule is COc1cccc(C2CC(NC3CC(O)C3(C)C)C2)c1. The van der Waals surface area contributed by atoms with Gasteiger partial charge in [-0.2, -0.15) is 0 Å². The smallest absolute Gasteiger partial charge is 0.119 e. The minimum absolute atomic E-state index is 0.0288. The largest absolute Gasteiger partial charge is 0.497 e. The van der Waals surface area contributed by atoms with Gasteiger partial charge in [0.1, 0.15) is 5.75 Å². The van der Waals surface area contributed by atoms with Crippen LogP contribution in [-0.2, 0) is 0 Å². The summed E-state index contributed by atoms with van der Waals surface area (Å²) in [5.74, 6) is 1.60. The summed E-state index contributed by atoms with van der Waals surface area (Å²) in [6, 6.07) is 9.48. The van der Waals surface area contributed by atoms with Crippen molar-refractivity contribution in [3.05, 3.63) is 29.8 Å². The molecule has 3 rings (SSSR count). The second-order valence-electron chi connectivity index (χ2n) is 6.93. The molecule has 3 heteroatoms. The molecule has 110 valence electrons. The summed E-state index contributed by atoms with van der Waals surface area (Å²) in [6.45, 7) is 4.30. The third-order valence-electron chi connectivity index (χ3n) is 5.36. The van der Waals surface area contributed by atoms with Crippen LogP contribution < -0.4 is 10.1 Å². The summed E-state index contributed by atoms with van der Waals surface area (Å²) < 4.78 is 5.29. The maximum Gasteiger partial charge on any atom is 0.119 e. The van der Waals surface area contributed by atoms with Gasteiger partial charge in [0, 0.05) is 17.5 Å². The number of aliphatic hydroxyl groups excluding tert-OH is 1. The van der Waals surface area contributed by atoms with Gasteiger partial charge in [0.25, 0.3) is 0 Å². The van der Waals surface area contributed by atoms with Gasteiger partial charge in [0.2, 0.25) is 0 Å². The van der Waals surface area contributed by atoms with Crippen molar-refractivity contribution in [2.45, 2.75) is 57.2 Å². The van der Waals surface area contributed by atoms with E-state index in [4.69, 9.17) is 4.74 Å². The molecule has 2 N–H and O–H groups in total. The predicted molar refractivity (Wildman–Crippen MR) is 80.1 cm³/mol. The zero-order valence-electron chi connectivity index (χ0n) is 12.6. The fraction of sp³-hybridized carbons (Fsp3) is 0.647. The van der Waals surface area contributed by atoms with Crippen LogP contribution in [0.15, 0.2) is 24.3 Å². The molecule has 0 spiro atoms. The van der Waals surface area contributed by atoms with Crippen molar-refractivity contribution >= 4 is 0 Å². The van der Waals surface area contributed by atoms with Crippen molar-refractivity contribution in [2.24, 2.45) is 5.41 Å². The molecule has 2 unspecified atom stereocenters. The summed E-state index contributed by atoms with van der Waals surface area (Å²) in [7, 11) is 1.72. The Balaban J connectivity index is 1.52. The number of ether oxygens (including phenoxy) is 1. The predicted octanol–water partition coefficient (Wildman–Crippen LogP) is 2.69. The maximum atomic E-state index is 9.78. The highest BCUT2D eigenvalue weighted by molar-refractivity contribution is 5.32. The third kappa shape index (κ3) is 2.33. The van der Waals surface area contributed by atoms with Crippen LogP contribution >= 0.6 is 0 Å². The fourth-order valence-electron chi connectivity index (χ4n) is 3.39. The first-order valence-electron chi connectivity index (χ1n) is 7.58. The molecule has 2 atom stereocenters. The van der Waals surface area contributed by atoms with Crippen LogP contribution in [0, 0.1) is 5.41 Å². The normalized spacial score (nSPS) is 35.0. The van der Waals surface area contributed by atoms with Crippen molar-refractivity contribution < 1.29 is 9.84 Å². The lowest BCUT2D eigenvalue weighted by atomic mass is 9.63. The average Bonchev–Trinajstić information content (AvgIpc) is 2.41. The summed E-state index contributed by atoms with van der Waals surface area (Å²) >= 11 is 0. The zero-order chi connectivity index (χ0) is 14.3. The maximum absolute atomic E-state index is 9.78. The van der Waals surface area contributed by atoms with Crippen LogP contribution in [-0.4, -0.2) is 30.4 Å². The zero-order valence-corrected chi connectivity index (χ0v) is 12.6. The molecule has 0 bridgehead atoms. The van der Waals surface area contributed by atoms with Gasteiger partial charge in [-0.05, 0) is 42.9 Å². The molecule has 0 radical (unpaired) electrons. The van der Waals surface area contributed by atoms with Crippen molar-refractivity contribution in [1.29, 1.82) is 0 Å². The fourth-order valence-corrected chi connectivity index (χ4v) is 3.39. The summed E-state index contributed by atoms with van der Waals surface area (Å²) in [5.41, 5.74) is 1.41. The minimum atomic E-state index is -0.144. The standard InChI is InChI=1S/C17H25NO2/c1-17(2)15(10-16(17)19)18-13-7-12(8-13)11-5-4-6-14(9-11)20-3/h4-6,9,12-13,15-16,18-19H,7-8,10H2,1-3H3. The Hall–Kier alpha value is -1.06. The Morgan fingerprint density at radius 3 is 2.60 bits per heavy atom. The van der Waals surface area contributed by atoms with Crippen molar-refractivity contribution in [3.63, 3.8) is 0 Å². The van der Waals surface area contributed by atoms with Gasteiger partial charge in [-0.15, -0.1) is 0 Å². The molecule has 0 aromatic heterocycles. The summed E-state index contributed by atoms with van der Waals surface area (Å²) in [5, 5.41) is 13.5. The molecule has 0 saturated heterocycles. The van der Waals surface area contributed by atoms with Crippen molar-refractivity contribution in [3.8, 4) is 5.75 Å². The van der Waals surface area contributed by atoms with Gasteiger partial charge in [0.15, 0.2) is 0 Å². The van der Waals surface area contributed by atoms with Crippen LogP contribution in [0.2, 0.25) is 0 Å². The Morgan fingerprint density at radius 2 is 2.00 bits per heavy atom. The van der Waals surface area contributed by atoms with E-state index in [0.717, 1.165) is 12.2 Å². The number of aliphatic hydroxyl groups is 1. The Kier molecular flexibility index (Phi) is 3.51. The molecule has 0 amide bonds. The van der Waals surface area contributed by atoms with Crippen LogP contribution in [0.3, 0.4) is 0 Å². The third-order valence-corrected chi connectivity index (χ3v) is 5.36. The number of benzene rings is 1. The second kappa shape index (κ2) is 5.05. The van der Waals surface area contributed by atoms with Gasteiger partial charge in [0.05, 0.1) is 13.2 Å². The molecule has 2 saturated carbocycles. The molecule has 0 aliphatic heterocycles. The van der Waals surface area contributed by atoms with Gasteiger partial charge >= 0.3 is 0 Å². The van der Waals surface area contributed by atoms with Crippen LogP contribution in [0.25, 0.3) is 0 Å². The van der Waals surface area contributed by atoms with E-state index in [2.05, 4.69) is 37.4 Å². The van der Waals surface area contributed by atoms with Crippen LogP contribution in [0.1, 0.15) is 44.6 Å². The number of methoxy groups -OCH3 is 1. The molecule has 1 aromatic rings. The first-order chi connectivity index (χ1) is 9.50. The van der Waals surface area contributed by atoms with E-state index in [-0.39, 0.29) is 11.5 Å². The van der Waals surface area contributed by atoms with E-state index >= 15 is 0 Å². The van der Waals surface area contributed by atoms with Gasteiger partial charge in [-0.3, -0.25) is 0 Å². The highest BCUT2D eigenvalue weighted by Gasteiger charge is 2.48. The number of hydrogen-bond acceptors (Lipinski definition) is 3. The topological polar surface area (TPSA) is 41.5 Å². The molecule has 2 aliphatic carbocycles. The van der Waals surface area contributed by atoms with E-state index in [1.165, 1.54) is 18.4 Å².